The van der Waals surface area contributed by atoms with Gasteiger partial charge in [0.15, 0.2) is 0 Å². The molecular formula is C6H3F5O2. The Bertz CT molecular complexity index is 264. The van der Waals surface area contributed by atoms with Crippen LogP contribution in [0.25, 0.3) is 0 Å². The maximum atomic E-state index is 12.2. The Morgan fingerprint density at radius 2 is 1.69 bits per heavy atom. The molecule has 0 saturated heterocycles. The average Bonchev–Trinajstić information content (AvgIpc) is 1.99. The van der Waals surface area contributed by atoms with Crippen LogP contribution in [0.15, 0.2) is 24.1 Å². The number of allylic oxidation sites excluding steroid dienone is 2. The van der Waals surface area contributed by atoms with Crippen LogP contribution in [0.4, 0.5) is 22.0 Å². The molecule has 0 atom stereocenters. The Labute approximate surface area is 69.0 Å². The first-order chi connectivity index (χ1) is 5.77. The van der Waals surface area contributed by atoms with Crippen LogP contribution in [0.2, 0.25) is 0 Å². The molecule has 7 heteroatoms. The van der Waals surface area contributed by atoms with Crippen LogP contribution < -0.4 is 0 Å². The molecule has 0 radical (unpaired) electrons. The number of halogens is 5. The summed E-state index contributed by atoms with van der Waals surface area (Å²) in [5.41, 5.74) is 0. The van der Waals surface area contributed by atoms with E-state index in [1.54, 1.807) is 0 Å². The van der Waals surface area contributed by atoms with Gasteiger partial charge in [-0.05, 0) is 6.08 Å². The SMILES string of the molecule is O=C(O)C=CC(F)(F)C(F)=C(F)F. The number of hydrogen-bond donors (Lipinski definition) is 1. The first kappa shape index (κ1) is 11.6. The second kappa shape index (κ2) is 4.01. The highest BCUT2D eigenvalue weighted by Crippen LogP contribution is 2.30. The normalized spacial score (nSPS) is 11.8. The highest BCUT2D eigenvalue weighted by molar-refractivity contribution is 5.80. The predicted molar refractivity (Wildman–Crippen MR) is 32.1 cm³/mol. The molecule has 0 aliphatic carbocycles. The van der Waals surface area contributed by atoms with Gasteiger partial charge in [0.25, 0.3) is 0 Å². The molecule has 1 N–H and O–H groups in total. The van der Waals surface area contributed by atoms with E-state index in [1.165, 1.54) is 0 Å². The quantitative estimate of drug-likeness (QED) is 0.563. The molecule has 0 rings (SSSR count). The van der Waals surface area contributed by atoms with Crippen molar-refractivity contribution in [3.8, 4) is 0 Å². The molecule has 0 aliphatic heterocycles. The van der Waals surface area contributed by atoms with Gasteiger partial charge in [-0.15, -0.1) is 0 Å². The fourth-order valence-electron chi connectivity index (χ4n) is 0.375. The van der Waals surface area contributed by atoms with Crippen molar-refractivity contribution in [1.82, 2.24) is 0 Å². The number of alkyl halides is 2. The van der Waals surface area contributed by atoms with Crippen molar-refractivity contribution < 1.29 is 31.9 Å². The third kappa shape index (κ3) is 3.68. The minimum atomic E-state index is -4.59. The zero-order valence-electron chi connectivity index (χ0n) is 5.90. The standard InChI is InChI=1S/C6H3F5O2/c7-4(5(8)9)6(10,11)2-1-3(12)13/h1-2H,(H,12,13). The topological polar surface area (TPSA) is 37.3 Å². The molecule has 0 aromatic heterocycles. The number of carboxylic acid groups (broad SMARTS) is 1. The van der Waals surface area contributed by atoms with Crippen LogP contribution in [0.3, 0.4) is 0 Å². The van der Waals surface area contributed by atoms with Gasteiger partial charge in [0.2, 0.25) is 5.83 Å². The zero-order valence-corrected chi connectivity index (χ0v) is 5.90. The Morgan fingerprint density at radius 3 is 2.00 bits per heavy atom. The van der Waals surface area contributed by atoms with Crippen LogP contribution in [-0.2, 0) is 4.79 Å². The molecule has 13 heavy (non-hydrogen) atoms. The summed E-state index contributed by atoms with van der Waals surface area (Å²) in [6.07, 6.45) is -3.77. The number of aliphatic carboxylic acids is 1. The van der Waals surface area contributed by atoms with Crippen LogP contribution >= 0.6 is 0 Å². The van der Waals surface area contributed by atoms with Crippen molar-refractivity contribution in [2.24, 2.45) is 0 Å². The van der Waals surface area contributed by atoms with E-state index in [0.29, 0.717) is 0 Å². The predicted octanol–water partition coefficient (Wildman–Crippen LogP) is 2.34. The molecule has 0 aromatic carbocycles. The van der Waals surface area contributed by atoms with Crippen LogP contribution in [0.5, 0.6) is 0 Å². The lowest BCUT2D eigenvalue weighted by molar-refractivity contribution is -0.131. The largest absolute Gasteiger partial charge is 0.478 e. The van der Waals surface area contributed by atoms with Crippen LogP contribution in [0, 0.1) is 0 Å². The second-order valence-electron chi connectivity index (χ2n) is 1.87. The first-order valence-corrected chi connectivity index (χ1v) is 2.78. The number of carbonyl (C=O) groups is 1. The number of carboxylic acids is 1. The Kier molecular flexibility index (Phi) is 3.58. The average molecular weight is 202 g/mol. The van der Waals surface area contributed by atoms with E-state index in [0.717, 1.165) is 0 Å². The van der Waals surface area contributed by atoms with Crippen molar-refractivity contribution in [2.45, 2.75) is 5.92 Å². The lowest BCUT2D eigenvalue weighted by Crippen LogP contribution is -2.14. The minimum absolute atomic E-state index is 0.123. The molecule has 0 bridgehead atoms. The zero-order chi connectivity index (χ0) is 10.6. The van der Waals surface area contributed by atoms with Crippen molar-refractivity contribution in [1.29, 1.82) is 0 Å². The molecule has 0 aromatic rings. The summed E-state index contributed by atoms with van der Waals surface area (Å²) >= 11 is 0. The monoisotopic (exact) mass is 202 g/mol. The molecule has 0 amide bonds. The Morgan fingerprint density at radius 1 is 1.23 bits per heavy atom. The number of hydrogen-bond acceptors (Lipinski definition) is 1. The van der Waals surface area contributed by atoms with E-state index in [4.69, 9.17) is 5.11 Å². The smallest absolute Gasteiger partial charge is 0.328 e. The molecule has 0 aliphatic rings. The van der Waals surface area contributed by atoms with Gasteiger partial charge >= 0.3 is 18.0 Å². The van der Waals surface area contributed by atoms with Gasteiger partial charge in [-0.1, -0.05) is 0 Å². The molecular weight excluding hydrogens is 199 g/mol. The molecule has 0 heterocycles. The van der Waals surface area contributed by atoms with Gasteiger partial charge in [-0.25, -0.2) is 4.79 Å². The highest BCUT2D eigenvalue weighted by atomic mass is 19.3. The van der Waals surface area contributed by atoms with Crippen molar-refractivity contribution >= 4 is 5.97 Å². The molecule has 2 nitrogen and oxygen atoms in total. The third-order valence-electron chi connectivity index (χ3n) is 0.894. The summed E-state index contributed by atoms with van der Waals surface area (Å²) in [7, 11) is 0. The van der Waals surface area contributed by atoms with Gasteiger partial charge in [0.1, 0.15) is 0 Å². The van der Waals surface area contributed by atoms with Gasteiger partial charge in [-0.2, -0.15) is 22.0 Å². The molecule has 0 saturated carbocycles. The Balaban J connectivity index is 4.78. The van der Waals surface area contributed by atoms with E-state index in [2.05, 4.69) is 0 Å². The van der Waals surface area contributed by atoms with E-state index in [9.17, 15) is 26.7 Å². The molecule has 0 spiro atoms. The maximum Gasteiger partial charge on any atom is 0.328 e. The molecule has 74 valence electrons. The van der Waals surface area contributed by atoms with Gasteiger partial charge < -0.3 is 5.11 Å². The third-order valence-corrected chi connectivity index (χ3v) is 0.894. The fourth-order valence-corrected chi connectivity index (χ4v) is 0.375. The number of rotatable bonds is 3. The van der Waals surface area contributed by atoms with Crippen molar-refractivity contribution in [2.75, 3.05) is 0 Å². The summed E-state index contributed by atoms with van der Waals surface area (Å²) in [4.78, 5) is 9.69. The fraction of sp³-hybridized carbons (Fsp3) is 0.167. The van der Waals surface area contributed by atoms with Crippen molar-refractivity contribution in [3.05, 3.63) is 24.1 Å². The highest BCUT2D eigenvalue weighted by Gasteiger charge is 2.36. The summed E-state index contributed by atoms with van der Waals surface area (Å²) in [6, 6.07) is 0. The molecule has 0 fully saturated rings. The van der Waals surface area contributed by atoms with Crippen LogP contribution in [0.1, 0.15) is 0 Å². The Hall–Kier alpha value is -1.40. The van der Waals surface area contributed by atoms with E-state index in [1.807, 2.05) is 0 Å². The lowest BCUT2D eigenvalue weighted by Gasteiger charge is -2.06. The van der Waals surface area contributed by atoms with Gasteiger partial charge in [-0.3, -0.25) is 0 Å². The summed E-state index contributed by atoms with van der Waals surface area (Å²) < 4.78 is 58.8. The lowest BCUT2D eigenvalue weighted by atomic mass is 10.3. The summed E-state index contributed by atoms with van der Waals surface area (Å²) in [5, 5.41) is 7.85. The van der Waals surface area contributed by atoms with Crippen molar-refractivity contribution in [3.63, 3.8) is 0 Å². The molecule has 0 unspecified atom stereocenters. The van der Waals surface area contributed by atoms with E-state index < -0.39 is 29.9 Å². The van der Waals surface area contributed by atoms with Crippen LogP contribution in [-0.4, -0.2) is 17.0 Å². The van der Waals surface area contributed by atoms with Gasteiger partial charge in [0.05, 0.1) is 0 Å². The summed E-state index contributed by atoms with van der Waals surface area (Å²) in [6.45, 7) is 0. The second-order valence-corrected chi connectivity index (χ2v) is 1.87. The van der Waals surface area contributed by atoms with E-state index >= 15 is 0 Å². The van der Waals surface area contributed by atoms with Gasteiger partial charge in [0, 0.05) is 6.08 Å². The summed E-state index contributed by atoms with van der Waals surface area (Å²) in [5.74, 6) is -9.33. The minimum Gasteiger partial charge on any atom is -0.478 e. The first-order valence-electron chi connectivity index (χ1n) is 2.78. The maximum absolute atomic E-state index is 12.2. The van der Waals surface area contributed by atoms with E-state index in [-0.39, 0.29) is 6.08 Å².